The Bertz CT molecular complexity index is 566. The number of primary amides is 1. The van der Waals surface area contributed by atoms with Crippen LogP contribution in [0.15, 0.2) is 53.4 Å². The van der Waals surface area contributed by atoms with E-state index in [1.54, 1.807) is 17.8 Å². The molecule has 0 aromatic heterocycles. The molecule has 18 heavy (non-hydrogen) atoms. The molecule has 0 saturated carbocycles. The van der Waals surface area contributed by atoms with Crippen LogP contribution in [0.2, 0.25) is 0 Å². The van der Waals surface area contributed by atoms with Crippen molar-refractivity contribution in [2.24, 2.45) is 5.73 Å². The maximum Gasteiger partial charge on any atom is 0.248 e. The highest BCUT2D eigenvalue weighted by Gasteiger charge is 2.09. The molecule has 0 spiro atoms. The third kappa shape index (κ3) is 2.74. The summed E-state index contributed by atoms with van der Waals surface area (Å²) in [4.78, 5) is 12.6. The highest BCUT2D eigenvalue weighted by atomic mass is 32.2. The van der Waals surface area contributed by atoms with E-state index in [-0.39, 0.29) is 5.91 Å². The lowest BCUT2D eigenvalue weighted by Crippen LogP contribution is -2.13. The van der Waals surface area contributed by atoms with Crippen LogP contribution in [0.5, 0.6) is 0 Å². The number of carbonyl (C=O) groups excluding carboxylic acids is 1. The van der Waals surface area contributed by atoms with E-state index < -0.39 is 0 Å². The highest BCUT2D eigenvalue weighted by Crippen LogP contribution is 2.23. The van der Waals surface area contributed by atoms with E-state index in [0.717, 1.165) is 12.0 Å². The second-order valence-corrected chi connectivity index (χ2v) is 4.86. The zero-order chi connectivity index (χ0) is 13.0. The van der Waals surface area contributed by atoms with Crippen LogP contribution < -0.4 is 5.73 Å². The van der Waals surface area contributed by atoms with Crippen LogP contribution in [-0.2, 0) is 6.42 Å². The number of carbonyl (C=O) groups is 1. The van der Waals surface area contributed by atoms with Crippen LogP contribution >= 0.6 is 11.8 Å². The van der Waals surface area contributed by atoms with E-state index in [1.807, 2.05) is 30.3 Å². The minimum atomic E-state index is -0.368. The molecule has 2 nitrogen and oxygen atoms in total. The molecule has 0 saturated heterocycles. The summed E-state index contributed by atoms with van der Waals surface area (Å²) in [5, 5.41) is 0. The van der Waals surface area contributed by atoms with Crippen molar-refractivity contribution in [1.29, 1.82) is 0 Å². The first-order valence-corrected chi connectivity index (χ1v) is 6.94. The Labute approximate surface area is 111 Å². The number of hydrogen-bond donors (Lipinski definition) is 1. The molecule has 1 amide bonds. The van der Waals surface area contributed by atoms with Crippen LogP contribution in [0, 0.1) is 0 Å². The first kappa shape index (κ1) is 12.7. The van der Waals surface area contributed by atoms with E-state index in [0.29, 0.717) is 5.56 Å². The number of hydrogen-bond acceptors (Lipinski definition) is 2. The molecule has 0 atom stereocenters. The molecule has 2 aromatic carbocycles. The van der Waals surface area contributed by atoms with Gasteiger partial charge in [-0.1, -0.05) is 36.4 Å². The molecule has 0 aliphatic rings. The van der Waals surface area contributed by atoms with Crippen molar-refractivity contribution in [2.45, 2.75) is 11.3 Å². The van der Waals surface area contributed by atoms with Gasteiger partial charge in [-0.25, -0.2) is 0 Å². The summed E-state index contributed by atoms with van der Waals surface area (Å²) in [6, 6.07) is 15.7. The minimum Gasteiger partial charge on any atom is -0.366 e. The Morgan fingerprint density at radius 1 is 1.06 bits per heavy atom. The Kier molecular flexibility index (Phi) is 4.05. The summed E-state index contributed by atoms with van der Waals surface area (Å²) in [5.41, 5.74) is 8.20. The Balaban J connectivity index is 2.37. The predicted molar refractivity (Wildman–Crippen MR) is 76.0 cm³/mol. The second-order valence-electron chi connectivity index (χ2n) is 4.01. The minimum absolute atomic E-state index is 0.368. The third-order valence-corrected chi connectivity index (χ3v) is 3.69. The fourth-order valence-corrected chi connectivity index (χ4v) is 2.59. The molecule has 2 rings (SSSR count). The normalized spacial score (nSPS) is 10.3. The molecule has 0 radical (unpaired) electrons. The van der Waals surface area contributed by atoms with Crippen molar-refractivity contribution >= 4 is 17.7 Å². The third-order valence-electron chi connectivity index (χ3n) is 2.86. The molecule has 3 heteroatoms. The van der Waals surface area contributed by atoms with Crippen LogP contribution in [0.1, 0.15) is 21.5 Å². The molecule has 0 aliphatic carbocycles. The molecule has 0 aliphatic heterocycles. The lowest BCUT2D eigenvalue weighted by atomic mass is 9.99. The van der Waals surface area contributed by atoms with Gasteiger partial charge in [0.2, 0.25) is 5.91 Å². The van der Waals surface area contributed by atoms with Gasteiger partial charge in [0.1, 0.15) is 0 Å². The summed E-state index contributed by atoms with van der Waals surface area (Å²) in [7, 11) is 0. The van der Waals surface area contributed by atoms with Crippen molar-refractivity contribution in [3.63, 3.8) is 0 Å². The molecule has 92 valence electrons. The SMILES string of the molecule is CSc1ccccc1Cc1ccccc1C(N)=O. The van der Waals surface area contributed by atoms with Gasteiger partial charge in [-0.2, -0.15) is 0 Å². The maximum atomic E-state index is 11.4. The Morgan fingerprint density at radius 2 is 1.67 bits per heavy atom. The molecule has 2 N–H and O–H groups in total. The quantitative estimate of drug-likeness (QED) is 0.855. The highest BCUT2D eigenvalue weighted by molar-refractivity contribution is 7.98. The molecule has 0 unspecified atom stereocenters. The van der Waals surface area contributed by atoms with Gasteiger partial charge >= 0.3 is 0 Å². The number of rotatable bonds is 4. The van der Waals surface area contributed by atoms with Crippen LogP contribution in [0.25, 0.3) is 0 Å². The molecule has 0 heterocycles. The van der Waals surface area contributed by atoms with Gasteiger partial charge < -0.3 is 5.73 Å². The van der Waals surface area contributed by atoms with Crippen LogP contribution in [0.3, 0.4) is 0 Å². The topological polar surface area (TPSA) is 43.1 Å². The average molecular weight is 257 g/mol. The van der Waals surface area contributed by atoms with Crippen molar-refractivity contribution in [2.75, 3.05) is 6.26 Å². The second kappa shape index (κ2) is 5.74. The molecule has 0 bridgehead atoms. The predicted octanol–water partition coefficient (Wildman–Crippen LogP) is 3.10. The number of amides is 1. The smallest absolute Gasteiger partial charge is 0.248 e. The Hall–Kier alpha value is -1.74. The first-order chi connectivity index (χ1) is 8.72. The van der Waals surface area contributed by atoms with Gasteiger partial charge in [-0.05, 0) is 35.9 Å². The summed E-state index contributed by atoms with van der Waals surface area (Å²) in [6.07, 6.45) is 2.79. The molecular weight excluding hydrogens is 242 g/mol. The number of thioether (sulfide) groups is 1. The van der Waals surface area contributed by atoms with Gasteiger partial charge in [-0.3, -0.25) is 4.79 Å². The van der Waals surface area contributed by atoms with Crippen molar-refractivity contribution < 1.29 is 4.79 Å². The van der Waals surface area contributed by atoms with Crippen molar-refractivity contribution in [1.82, 2.24) is 0 Å². The van der Waals surface area contributed by atoms with E-state index in [9.17, 15) is 4.79 Å². The Morgan fingerprint density at radius 3 is 2.33 bits per heavy atom. The van der Waals surface area contributed by atoms with Gasteiger partial charge in [0.25, 0.3) is 0 Å². The van der Waals surface area contributed by atoms with E-state index in [2.05, 4.69) is 18.4 Å². The van der Waals surface area contributed by atoms with Gasteiger partial charge in [0, 0.05) is 10.5 Å². The van der Waals surface area contributed by atoms with Crippen molar-refractivity contribution in [3.05, 3.63) is 65.2 Å². The molecular formula is C15H15NOS. The standard InChI is InChI=1S/C15H15NOS/c1-18-14-9-5-3-7-12(14)10-11-6-2-4-8-13(11)15(16)17/h2-9H,10H2,1H3,(H2,16,17). The summed E-state index contributed by atoms with van der Waals surface area (Å²) in [6.45, 7) is 0. The van der Waals surface area contributed by atoms with E-state index in [4.69, 9.17) is 5.73 Å². The zero-order valence-corrected chi connectivity index (χ0v) is 11.0. The lowest BCUT2D eigenvalue weighted by molar-refractivity contribution is 0.0999. The summed E-state index contributed by atoms with van der Waals surface area (Å²) < 4.78 is 0. The van der Waals surface area contributed by atoms with Gasteiger partial charge in [-0.15, -0.1) is 11.8 Å². The van der Waals surface area contributed by atoms with Gasteiger partial charge in [0.05, 0.1) is 0 Å². The fraction of sp³-hybridized carbons (Fsp3) is 0.133. The molecule has 0 fully saturated rings. The maximum absolute atomic E-state index is 11.4. The average Bonchev–Trinajstić information content (AvgIpc) is 2.40. The van der Waals surface area contributed by atoms with E-state index in [1.165, 1.54) is 10.5 Å². The molecule has 2 aromatic rings. The number of benzene rings is 2. The lowest BCUT2D eigenvalue weighted by Gasteiger charge is -2.09. The number of nitrogens with two attached hydrogens (primary N) is 1. The van der Waals surface area contributed by atoms with Crippen LogP contribution in [-0.4, -0.2) is 12.2 Å². The largest absolute Gasteiger partial charge is 0.366 e. The first-order valence-electron chi connectivity index (χ1n) is 5.72. The van der Waals surface area contributed by atoms with Crippen molar-refractivity contribution in [3.8, 4) is 0 Å². The van der Waals surface area contributed by atoms with E-state index >= 15 is 0 Å². The van der Waals surface area contributed by atoms with Crippen LogP contribution in [0.4, 0.5) is 0 Å². The fourth-order valence-electron chi connectivity index (χ4n) is 1.97. The van der Waals surface area contributed by atoms with Gasteiger partial charge in [0.15, 0.2) is 0 Å². The zero-order valence-electron chi connectivity index (χ0n) is 10.2. The summed E-state index contributed by atoms with van der Waals surface area (Å²) >= 11 is 1.71. The monoisotopic (exact) mass is 257 g/mol. The summed E-state index contributed by atoms with van der Waals surface area (Å²) in [5.74, 6) is -0.368.